The molecule has 7 heteroatoms. The number of aromatic nitrogens is 2. The van der Waals surface area contributed by atoms with Crippen molar-refractivity contribution in [3.05, 3.63) is 88.9 Å². The fourth-order valence-electron chi connectivity index (χ4n) is 5.52. The Bertz CT molecular complexity index is 1460. The maximum absolute atomic E-state index is 14.3. The van der Waals surface area contributed by atoms with Gasteiger partial charge in [-0.1, -0.05) is 36.4 Å². The minimum absolute atomic E-state index is 0.0702. The molecule has 1 aromatic heterocycles. The van der Waals surface area contributed by atoms with Crippen LogP contribution in [0.4, 0.5) is 10.3 Å². The zero-order valence-corrected chi connectivity index (χ0v) is 20.2. The van der Waals surface area contributed by atoms with Crippen LogP contribution in [-0.4, -0.2) is 38.3 Å². The average molecular weight is 482 g/mol. The molecule has 1 unspecified atom stereocenters. The lowest BCUT2D eigenvalue weighted by atomic mass is 9.97. The highest BCUT2D eigenvalue weighted by atomic mass is 19.1. The molecule has 1 fully saturated rings. The maximum Gasteiger partial charge on any atom is 0.273 e. The molecular weight excluding hydrogens is 453 g/mol. The number of rotatable bonds is 4. The average Bonchev–Trinajstić information content (AvgIpc) is 3.49. The van der Waals surface area contributed by atoms with Crippen molar-refractivity contribution in [2.75, 3.05) is 12.3 Å². The van der Waals surface area contributed by atoms with Gasteiger partial charge in [0.05, 0.1) is 5.52 Å². The molecule has 1 amide bonds. The molecule has 2 aliphatic heterocycles. The second-order valence-corrected chi connectivity index (χ2v) is 9.86. The molecule has 4 aromatic rings. The Balaban J connectivity index is 1.40. The molecule has 2 aliphatic rings. The van der Waals surface area contributed by atoms with Gasteiger partial charge in [-0.15, -0.1) is 0 Å². The monoisotopic (exact) mass is 481 g/mol. The van der Waals surface area contributed by atoms with Gasteiger partial charge in [-0.25, -0.2) is 14.4 Å². The van der Waals surface area contributed by atoms with Gasteiger partial charge in [-0.3, -0.25) is 9.69 Å². The summed E-state index contributed by atoms with van der Waals surface area (Å²) in [5.74, 6) is -0.351. The summed E-state index contributed by atoms with van der Waals surface area (Å²) in [5.41, 5.74) is 12.0. The van der Waals surface area contributed by atoms with Gasteiger partial charge >= 0.3 is 0 Å². The van der Waals surface area contributed by atoms with Crippen LogP contribution in [0.15, 0.2) is 60.7 Å². The topological polar surface area (TPSA) is 75.4 Å². The molecule has 3 heterocycles. The minimum Gasteiger partial charge on any atom is -0.368 e. The van der Waals surface area contributed by atoms with Crippen LogP contribution >= 0.6 is 0 Å². The molecule has 0 radical (unpaired) electrons. The van der Waals surface area contributed by atoms with Gasteiger partial charge in [0, 0.05) is 31.1 Å². The number of hydrogen-bond acceptors (Lipinski definition) is 5. The van der Waals surface area contributed by atoms with Crippen LogP contribution in [0.3, 0.4) is 0 Å². The third-order valence-electron chi connectivity index (χ3n) is 7.49. The first-order valence-electron chi connectivity index (χ1n) is 12.4. The number of amides is 1. The van der Waals surface area contributed by atoms with E-state index < -0.39 is 0 Å². The van der Waals surface area contributed by atoms with E-state index in [9.17, 15) is 9.18 Å². The number of carbonyl (C=O) groups excluding carboxylic acids is 1. The largest absolute Gasteiger partial charge is 0.368 e. The molecule has 182 valence electrons. The van der Waals surface area contributed by atoms with E-state index in [0.717, 1.165) is 47.2 Å². The first-order valence-corrected chi connectivity index (χ1v) is 12.4. The molecule has 3 aromatic carbocycles. The van der Waals surface area contributed by atoms with Crippen molar-refractivity contribution in [3.8, 4) is 11.1 Å². The van der Waals surface area contributed by atoms with Crippen LogP contribution in [0.2, 0.25) is 0 Å². The Kier molecular flexibility index (Phi) is 5.64. The Hall–Kier alpha value is -3.84. The van der Waals surface area contributed by atoms with E-state index in [1.165, 1.54) is 6.07 Å². The maximum atomic E-state index is 14.3. The standard InChI is InChI=1S/C29H28FN5O/c1-18-5-4-12-34(18)17-22-13-23(30)9-10-24(22)19-8-11-26-25(14-19)27(33-29(31)32-26)28(36)35-15-20-6-2-3-7-21(20)16-35/h2-3,6-11,13-14,18H,4-5,12,15-17H2,1H3,(H2,31,32,33). The number of halogens is 1. The number of nitrogens with two attached hydrogens (primary N) is 1. The molecule has 0 saturated carbocycles. The highest BCUT2D eigenvalue weighted by Gasteiger charge is 2.27. The lowest BCUT2D eigenvalue weighted by Gasteiger charge is -2.23. The van der Waals surface area contributed by atoms with Crippen LogP contribution in [0.25, 0.3) is 22.0 Å². The lowest BCUT2D eigenvalue weighted by molar-refractivity contribution is 0.0747. The van der Waals surface area contributed by atoms with Crippen LogP contribution in [0, 0.1) is 5.82 Å². The van der Waals surface area contributed by atoms with Crippen molar-refractivity contribution in [3.63, 3.8) is 0 Å². The van der Waals surface area contributed by atoms with Crippen molar-refractivity contribution in [1.82, 2.24) is 19.8 Å². The highest BCUT2D eigenvalue weighted by Crippen LogP contribution is 2.32. The molecule has 1 atom stereocenters. The summed E-state index contributed by atoms with van der Waals surface area (Å²) < 4.78 is 14.3. The van der Waals surface area contributed by atoms with Crippen LogP contribution in [-0.2, 0) is 19.6 Å². The van der Waals surface area contributed by atoms with Crippen LogP contribution in [0.5, 0.6) is 0 Å². The van der Waals surface area contributed by atoms with E-state index in [1.807, 2.05) is 48.5 Å². The summed E-state index contributed by atoms with van der Waals surface area (Å²) in [7, 11) is 0. The van der Waals surface area contributed by atoms with E-state index in [4.69, 9.17) is 5.73 Å². The summed E-state index contributed by atoms with van der Waals surface area (Å²) in [6.45, 7) is 4.99. The number of fused-ring (bicyclic) bond motifs is 2. The third-order valence-corrected chi connectivity index (χ3v) is 7.49. The van der Waals surface area contributed by atoms with Crippen molar-refractivity contribution < 1.29 is 9.18 Å². The second kappa shape index (κ2) is 8.99. The van der Waals surface area contributed by atoms with Gasteiger partial charge in [0.2, 0.25) is 5.95 Å². The van der Waals surface area contributed by atoms with Gasteiger partial charge < -0.3 is 10.6 Å². The van der Waals surface area contributed by atoms with Gasteiger partial charge in [0.25, 0.3) is 5.91 Å². The first kappa shape index (κ1) is 22.6. The molecule has 0 bridgehead atoms. The molecule has 36 heavy (non-hydrogen) atoms. The Labute approximate surface area is 209 Å². The molecule has 6 nitrogen and oxygen atoms in total. The molecule has 2 N–H and O–H groups in total. The summed E-state index contributed by atoms with van der Waals surface area (Å²) >= 11 is 0. The number of anilines is 1. The Morgan fingerprint density at radius 3 is 2.56 bits per heavy atom. The summed E-state index contributed by atoms with van der Waals surface area (Å²) in [6, 6.07) is 19.2. The first-order chi connectivity index (χ1) is 17.5. The van der Waals surface area contributed by atoms with E-state index in [-0.39, 0.29) is 17.7 Å². The quantitative estimate of drug-likeness (QED) is 0.436. The van der Waals surface area contributed by atoms with Gasteiger partial charge in [-0.2, -0.15) is 0 Å². The smallest absolute Gasteiger partial charge is 0.273 e. The lowest BCUT2D eigenvalue weighted by Crippen LogP contribution is -2.27. The van der Waals surface area contributed by atoms with Crippen LogP contribution in [0.1, 0.15) is 46.9 Å². The van der Waals surface area contributed by atoms with Gasteiger partial charge in [-0.05, 0) is 78.4 Å². The number of nitrogen functional groups attached to an aromatic ring is 1. The van der Waals surface area contributed by atoms with Gasteiger partial charge in [0.1, 0.15) is 11.5 Å². The molecule has 1 saturated heterocycles. The van der Waals surface area contributed by atoms with Crippen LogP contribution < -0.4 is 5.73 Å². The normalized spacial score (nSPS) is 17.6. The summed E-state index contributed by atoms with van der Waals surface area (Å²) in [4.78, 5) is 26.6. The molecular formula is C29H28FN5O. The van der Waals surface area contributed by atoms with Crippen molar-refractivity contribution >= 4 is 22.8 Å². The zero-order chi connectivity index (χ0) is 24.8. The predicted molar refractivity (Wildman–Crippen MR) is 138 cm³/mol. The van der Waals surface area contributed by atoms with E-state index >= 15 is 0 Å². The number of nitrogens with zero attached hydrogens (tertiary/aromatic N) is 4. The van der Waals surface area contributed by atoms with Gasteiger partial charge in [0.15, 0.2) is 0 Å². The van der Waals surface area contributed by atoms with Crippen molar-refractivity contribution in [2.45, 2.75) is 45.4 Å². The Morgan fingerprint density at radius 2 is 1.83 bits per heavy atom. The number of benzene rings is 3. The fraction of sp³-hybridized carbons (Fsp3) is 0.276. The molecule has 6 rings (SSSR count). The van der Waals surface area contributed by atoms with E-state index in [1.54, 1.807) is 11.0 Å². The number of hydrogen-bond donors (Lipinski definition) is 1. The SMILES string of the molecule is CC1CCCN1Cc1cc(F)ccc1-c1ccc2nc(N)nc(C(=O)N3Cc4ccccc4C3)c2c1. The van der Waals surface area contributed by atoms with E-state index in [2.05, 4.69) is 21.8 Å². The Morgan fingerprint density at radius 1 is 1.06 bits per heavy atom. The molecule has 0 spiro atoms. The number of carbonyl (C=O) groups is 1. The second-order valence-electron chi connectivity index (χ2n) is 9.86. The van der Waals surface area contributed by atoms with Crippen molar-refractivity contribution in [2.24, 2.45) is 0 Å². The number of likely N-dealkylation sites (tertiary alicyclic amines) is 1. The highest BCUT2D eigenvalue weighted by molar-refractivity contribution is 6.06. The fourth-order valence-corrected chi connectivity index (χ4v) is 5.52. The zero-order valence-electron chi connectivity index (χ0n) is 20.2. The third kappa shape index (κ3) is 4.09. The summed E-state index contributed by atoms with van der Waals surface area (Å²) in [5, 5.41) is 0.646. The minimum atomic E-state index is -0.248. The molecule has 0 aliphatic carbocycles. The summed E-state index contributed by atoms with van der Waals surface area (Å²) in [6.07, 6.45) is 2.32. The van der Waals surface area contributed by atoms with Crippen molar-refractivity contribution in [1.29, 1.82) is 0 Å². The van der Waals surface area contributed by atoms with E-state index in [0.29, 0.717) is 42.3 Å². The predicted octanol–water partition coefficient (Wildman–Crippen LogP) is 5.16.